The Morgan fingerprint density at radius 3 is 1.54 bits per heavy atom. The molecule has 0 bridgehead atoms. The molecule has 0 aromatic rings. The summed E-state index contributed by atoms with van der Waals surface area (Å²) in [5.74, 6) is -1.92. The van der Waals surface area contributed by atoms with Gasteiger partial charge in [-0.1, -0.05) is 13.2 Å². The predicted molar refractivity (Wildman–Crippen MR) is 46.1 cm³/mol. The predicted octanol–water partition coefficient (Wildman–Crippen LogP) is 1.59. The Hall–Kier alpha value is -0.628. The molecule has 0 fully saturated rings. The van der Waals surface area contributed by atoms with Crippen molar-refractivity contribution in [3.8, 4) is 0 Å². The number of rotatable bonds is 2. The first-order chi connectivity index (χ1) is 5.91. The maximum absolute atomic E-state index is 9.60. The van der Waals surface area contributed by atoms with Crippen molar-refractivity contribution in [3.63, 3.8) is 0 Å². The van der Waals surface area contributed by atoms with Crippen molar-refractivity contribution in [3.05, 3.63) is 24.8 Å². The van der Waals surface area contributed by atoms with Crippen LogP contribution in [0.3, 0.4) is 0 Å². The molecule has 13 heavy (non-hydrogen) atoms. The minimum atomic E-state index is -0.981. The number of hydrogen-bond acceptors (Lipinski definition) is 2. The zero-order chi connectivity index (χ0) is 11.4. The fraction of sp³-hybridized carbons (Fsp3) is 0.143. The standard InChI is InChI=1S/C4H6O2.C3H4O2.ClH.Re/c1-3(2)4(5)6;1-2-3(4)5;;/h1H2,2H3,(H,5,6);2H,1H2,(H,4,5);1H;/q;;;+1/p-1. The molecule has 0 aromatic carbocycles. The van der Waals surface area contributed by atoms with Gasteiger partial charge in [-0.25, -0.2) is 9.59 Å². The van der Waals surface area contributed by atoms with E-state index in [1.807, 2.05) is 0 Å². The number of halogens is 1. The summed E-state index contributed by atoms with van der Waals surface area (Å²) < 4.78 is 0. The van der Waals surface area contributed by atoms with E-state index in [1.54, 1.807) is 0 Å². The first-order valence-electron chi connectivity index (χ1n) is 2.80. The number of carboxylic acid groups (broad SMARTS) is 2. The van der Waals surface area contributed by atoms with Crippen molar-refractivity contribution in [2.45, 2.75) is 6.92 Å². The third-order valence-corrected chi connectivity index (χ3v) is 0.540. The van der Waals surface area contributed by atoms with E-state index in [-0.39, 0.29) is 5.57 Å². The van der Waals surface area contributed by atoms with Gasteiger partial charge in [-0.3, -0.25) is 0 Å². The second kappa shape index (κ2) is 13.9. The topological polar surface area (TPSA) is 74.6 Å². The summed E-state index contributed by atoms with van der Waals surface area (Å²) in [6, 6.07) is 0. The molecule has 0 heterocycles. The first-order valence-corrected chi connectivity index (χ1v) is 6.16. The fourth-order valence-corrected chi connectivity index (χ4v) is 0. The van der Waals surface area contributed by atoms with Crippen LogP contribution in [0.15, 0.2) is 24.8 Å². The van der Waals surface area contributed by atoms with Gasteiger partial charge >= 0.3 is 39.6 Å². The van der Waals surface area contributed by atoms with Crippen LogP contribution >= 0.6 is 9.53 Å². The second-order valence-electron chi connectivity index (χ2n) is 1.63. The third-order valence-electron chi connectivity index (χ3n) is 0.540. The van der Waals surface area contributed by atoms with Crippen LogP contribution in [0.2, 0.25) is 0 Å². The summed E-state index contributed by atoms with van der Waals surface area (Å²) in [4.78, 5) is 18.8. The molecule has 0 amide bonds. The quantitative estimate of drug-likeness (QED) is 0.714. The van der Waals surface area contributed by atoms with E-state index >= 15 is 0 Å². The van der Waals surface area contributed by atoms with Crippen LogP contribution in [0.25, 0.3) is 0 Å². The van der Waals surface area contributed by atoms with Crippen molar-refractivity contribution in [1.29, 1.82) is 0 Å². The van der Waals surface area contributed by atoms with Gasteiger partial charge in [0.15, 0.2) is 0 Å². The molecule has 6 heteroatoms. The van der Waals surface area contributed by atoms with Crippen molar-refractivity contribution in [1.82, 2.24) is 0 Å². The molecule has 0 aliphatic carbocycles. The summed E-state index contributed by atoms with van der Waals surface area (Å²) in [5, 5.41) is 15.5. The van der Waals surface area contributed by atoms with Crippen LogP contribution in [0.5, 0.6) is 0 Å². The van der Waals surface area contributed by atoms with Gasteiger partial charge in [-0.15, -0.1) is 0 Å². The summed E-state index contributed by atoms with van der Waals surface area (Å²) in [6.07, 6.45) is 0.833. The molecule has 0 saturated carbocycles. The molecule has 0 aliphatic rings. The van der Waals surface area contributed by atoms with Crippen LogP contribution in [0.1, 0.15) is 6.92 Å². The van der Waals surface area contributed by atoms with Crippen molar-refractivity contribution in [2.75, 3.05) is 0 Å². The average molecular weight is 380 g/mol. The molecule has 0 rings (SSSR count). The maximum atomic E-state index is 9.60. The number of hydrogen-bond donors (Lipinski definition) is 2. The van der Waals surface area contributed by atoms with E-state index in [4.69, 9.17) is 19.7 Å². The summed E-state index contributed by atoms with van der Waals surface area (Å²) in [5.41, 5.74) is 0.176. The third kappa shape index (κ3) is 34.6. The molecule has 0 aliphatic heterocycles. The Balaban J connectivity index is -0.000000131. The zero-order valence-corrected chi connectivity index (χ0v) is 10.4. The number of aliphatic carboxylic acids is 2. The molecule has 0 atom stereocenters. The van der Waals surface area contributed by atoms with E-state index in [0.29, 0.717) is 0 Å². The summed E-state index contributed by atoms with van der Waals surface area (Å²) in [7, 11) is 4.69. The first kappa shape index (κ1) is 18.2. The molecule has 0 spiro atoms. The fourth-order valence-electron chi connectivity index (χ4n) is 0. The van der Waals surface area contributed by atoms with Crippen LogP contribution in [0, 0.1) is 0 Å². The Kier molecular flexibility index (Phi) is 19.5. The van der Waals surface area contributed by atoms with E-state index in [2.05, 4.69) is 13.2 Å². The number of carboxylic acids is 2. The minimum absolute atomic E-state index is 0.176. The Morgan fingerprint density at radius 1 is 1.38 bits per heavy atom. The normalized spacial score (nSPS) is 6.38. The Morgan fingerprint density at radius 2 is 1.54 bits per heavy atom. The van der Waals surface area contributed by atoms with Gasteiger partial charge in [-0.2, -0.15) is 0 Å². The molecule has 0 unspecified atom stereocenters. The van der Waals surface area contributed by atoms with Gasteiger partial charge < -0.3 is 10.2 Å². The number of carbonyl (C=O) groups is 2. The van der Waals surface area contributed by atoms with Crippen LogP contribution < -0.4 is 0 Å². The Labute approximate surface area is 91.3 Å². The SMILES string of the molecule is C=C(C)C(=O)O.C=CC(=O)O.[Cl][Re]. The van der Waals surface area contributed by atoms with Gasteiger partial charge in [0, 0.05) is 11.6 Å². The molecule has 0 radical (unpaired) electrons. The monoisotopic (exact) mass is 380 g/mol. The molecule has 2 N–H and O–H groups in total. The van der Waals surface area contributed by atoms with Crippen LogP contribution in [-0.4, -0.2) is 22.2 Å². The van der Waals surface area contributed by atoms with E-state index in [9.17, 15) is 9.59 Å². The van der Waals surface area contributed by atoms with E-state index in [1.165, 1.54) is 25.1 Å². The van der Waals surface area contributed by atoms with E-state index in [0.717, 1.165) is 6.08 Å². The molecular weight excluding hydrogens is 370 g/mol. The second-order valence-corrected chi connectivity index (χ2v) is 1.63. The Bertz CT molecular complexity index is 179. The van der Waals surface area contributed by atoms with Crippen LogP contribution in [0.4, 0.5) is 0 Å². The zero-order valence-electron chi connectivity index (χ0n) is 6.96. The molecule has 4 nitrogen and oxygen atoms in total. The van der Waals surface area contributed by atoms with Crippen molar-refractivity contribution in [2.24, 2.45) is 0 Å². The molecule has 76 valence electrons. The molecule has 0 aromatic heterocycles. The average Bonchev–Trinajstić information content (AvgIpc) is 2.09. The summed E-state index contributed by atoms with van der Waals surface area (Å²) >= 11 is 1.19. The van der Waals surface area contributed by atoms with Gasteiger partial charge in [-0.05, 0) is 6.92 Å². The van der Waals surface area contributed by atoms with E-state index < -0.39 is 11.9 Å². The van der Waals surface area contributed by atoms with Gasteiger partial charge in [0.1, 0.15) is 0 Å². The van der Waals surface area contributed by atoms with Crippen molar-refractivity contribution < 1.29 is 38.0 Å². The van der Waals surface area contributed by atoms with Gasteiger partial charge in [0.2, 0.25) is 0 Å². The molecule has 0 saturated heterocycles. The van der Waals surface area contributed by atoms with Gasteiger partial charge in [0.25, 0.3) is 0 Å². The van der Waals surface area contributed by atoms with Gasteiger partial charge in [0.05, 0.1) is 0 Å². The summed E-state index contributed by atoms with van der Waals surface area (Å²) in [6.45, 7) is 7.56. The molecular formula is C7H10ClO4Re. The van der Waals surface area contributed by atoms with Crippen LogP contribution in [-0.2, 0) is 27.8 Å². The van der Waals surface area contributed by atoms with Crippen molar-refractivity contribution >= 4 is 21.5 Å².